The van der Waals surface area contributed by atoms with E-state index in [0.717, 1.165) is 18.7 Å². The van der Waals surface area contributed by atoms with Gasteiger partial charge in [-0.25, -0.2) is 0 Å². The van der Waals surface area contributed by atoms with Gasteiger partial charge in [-0.05, 0) is 62.0 Å². The molecule has 1 saturated heterocycles. The largest absolute Gasteiger partial charge is 0.306 e. The van der Waals surface area contributed by atoms with Crippen molar-refractivity contribution in [2.24, 2.45) is 0 Å². The lowest BCUT2D eigenvalue weighted by molar-refractivity contribution is 0.331. The summed E-state index contributed by atoms with van der Waals surface area (Å²) in [4.78, 5) is 2.55. The zero-order valence-corrected chi connectivity index (χ0v) is 14.1. The zero-order valence-electron chi connectivity index (χ0n) is 14.1. The maximum atomic E-state index is 3.93. The molecule has 2 nitrogen and oxygen atoms in total. The van der Waals surface area contributed by atoms with Crippen LogP contribution in [0.3, 0.4) is 0 Å². The summed E-state index contributed by atoms with van der Waals surface area (Å²) in [6.45, 7) is 10.6. The predicted octanol–water partition coefficient (Wildman–Crippen LogP) is 4.32. The lowest BCUT2D eigenvalue weighted by Gasteiger charge is -2.18. The first-order chi connectivity index (χ1) is 11.2. The normalized spacial score (nSPS) is 16.6. The summed E-state index contributed by atoms with van der Waals surface area (Å²) >= 11 is 0. The third-order valence-corrected chi connectivity index (χ3v) is 4.69. The van der Waals surface area contributed by atoms with Crippen LogP contribution in [0.1, 0.15) is 48.1 Å². The molecule has 1 aliphatic heterocycles. The second-order valence-corrected chi connectivity index (χ2v) is 6.65. The summed E-state index contributed by atoms with van der Waals surface area (Å²) in [6, 6.07) is 17.8. The molecule has 3 rings (SSSR count). The quantitative estimate of drug-likeness (QED) is 0.855. The molecule has 0 saturated carbocycles. The summed E-state index contributed by atoms with van der Waals surface area (Å²) < 4.78 is 0. The molecule has 1 N–H and O–H groups in total. The molecular formula is C21H27N2. The van der Waals surface area contributed by atoms with Gasteiger partial charge in [0.2, 0.25) is 0 Å². The minimum Gasteiger partial charge on any atom is -0.306 e. The minimum atomic E-state index is 0.355. The van der Waals surface area contributed by atoms with E-state index in [-0.39, 0.29) is 0 Å². The maximum Gasteiger partial charge on any atom is 0.0295 e. The molecular weight excluding hydrogens is 280 g/mol. The third kappa shape index (κ3) is 4.66. The van der Waals surface area contributed by atoms with Crippen LogP contribution < -0.4 is 5.32 Å². The molecule has 121 valence electrons. The van der Waals surface area contributed by atoms with Crippen LogP contribution in [-0.4, -0.2) is 18.0 Å². The summed E-state index contributed by atoms with van der Waals surface area (Å²) in [5.41, 5.74) is 5.17. The Kier molecular flexibility index (Phi) is 5.47. The molecule has 2 heteroatoms. The molecule has 1 atom stereocenters. The first-order valence-corrected chi connectivity index (χ1v) is 8.66. The fourth-order valence-electron chi connectivity index (χ4n) is 3.21. The van der Waals surface area contributed by atoms with Gasteiger partial charge in [-0.3, -0.25) is 4.90 Å². The summed E-state index contributed by atoms with van der Waals surface area (Å²) in [5.74, 6) is 0. The van der Waals surface area contributed by atoms with Crippen molar-refractivity contribution >= 4 is 0 Å². The fraction of sp³-hybridized carbons (Fsp3) is 0.381. The SMILES string of the molecule is [CH2]c1ccc(CNC(C)c2cccc(CN3CCCC3)c2)cc1. The van der Waals surface area contributed by atoms with Gasteiger partial charge in [0.1, 0.15) is 0 Å². The standard InChI is InChI=1S/C21H27N2/c1-17-8-10-19(11-9-17)15-22-18(2)21-7-5-6-20(14-21)16-23-12-3-4-13-23/h5-11,14,18,22H,1,3-4,12-13,15-16H2,2H3. The van der Waals surface area contributed by atoms with Crippen LogP contribution in [0.2, 0.25) is 0 Å². The van der Waals surface area contributed by atoms with Gasteiger partial charge in [0.25, 0.3) is 0 Å². The van der Waals surface area contributed by atoms with Gasteiger partial charge in [-0.2, -0.15) is 0 Å². The number of hydrogen-bond donors (Lipinski definition) is 1. The van der Waals surface area contributed by atoms with Gasteiger partial charge >= 0.3 is 0 Å². The molecule has 0 spiro atoms. The van der Waals surface area contributed by atoms with Crippen molar-refractivity contribution in [2.45, 2.75) is 38.9 Å². The molecule has 23 heavy (non-hydrogen) atoms. The highest BCUT2D eigenvalue weighted by Crippen LogP contribution is 2.18. The Morgan fingerprint density at radius 1 is 1.04 bits per heavy atom. The Hall–Kier alpha value is -1.64. The second kappa shape index (κ2) is 7.76. The molecule has 1 aliphatic rings. The fourth-order valence-corrected chi connectivity index (χ4v) is 3.21. The first-order valence-electron chi connectivity index (χ1n) is 8.66. The van der Waals surface area contributed by atoms with Crippen LogP contribution in [0.15, 0.2) is 48.5 Å². The van der Waals surface area contributed by atoms with E-state index in [1.54, 1.807) is 0 Å². The Balaban J connectivity index is 1.57. The van der Waals surface area contributed by atoms with E-state index < -0.39 is 0 Å². The van der Waals surface area contributed by atoms with E-state index in [1.807, 2.05) is 0 Å². The van der Waals surface area contributed by atoms with Crippen molar-refractivity contribution < 1.29 is 0 Å². The smallest absolute Gasteiger partial charge is 0.0295 e. The van der Waals surface area contributed by atoms with Crippen molar-refractivity contribution in [3.8, 4) is 0 Å². The average molecular weight is 307 g/mol. The molecule has 0 aromatic heterocycles. The molecule has 0 bridgehead atoms. The van der Waals surface area contributed by atoms with Crippen molar-refractivity contribution in [3.05, 3.63) is 77.7 Å². The van der Waals surface area contributed by atoms with E-state index in [2.05, 4.69) is 72.6 Å². The maximum absolute atomic E-state index is 3.93. The third-order valence-electron chi connectivity index (χ3n) is 4.69. The van der Waals surface area contributed by atoms with Crippen molar-refractivity contribution in [3.63, 3.8) is 0 Å². The number of nitrogens with one attached hydrogen (secondary N) is 1. The highest BCUT2D eigenvalue weighted by atomic mass is 15.1. The lowest BCUT2D eigenvalue weighted by Crippen LogP contribution is -2.20. The van der Waals surface area contributed by atoms with E-state index in [4.69, 9.17) is 0 Å². The summed E-state index contributed by atoms with van der Waals surface area (Å²) in [7, 11) is 0. The molecule has 2 aromatic carbocycles. The van der Waals surface area contributed by atoms with Crippen LogP contribution >= 0.6 is 0 Å². The Morgan fingerprint density at radius 3 is 2.52 bits per heavy atom. The van der Waals surface area contributed by atoms with Gasteiger partial charge in [0.15, 0.2) is 0 Å². The first kappa shape index (κ1) is 16.2. The molecule has 1 heterocycles. The van der Waals surface area contributed by atoms with Gasteiger partial charge < -0.3 is 5.32 Å². The van der Waals surface area contributed by atoms with Crippen molar-refractivity contribution in [2.75, 3.05) is 13.1 Å². The van der Waals surface area contributed by atoms with Crippen molar-refractivity contribution in [1.29, 1.82) is 0 Å². The van der Waals surface area contributed by atoms with Crippen LogP contribution in [0.5, 0.6) is 0 Å². The number of rotatable bonds is 6. The molecule has 1 fully saturated rings. The Bertz CT molecular complexity index is 612. The lowest BCUT2D eigenvalue weighted by atomic mass is 10.0. The number of likely N-dealkylation sites (tertiary alicyclic amines) is 1. The molecule has 0 amide bonds. The zero-order chi connectivity index (χ0) is 16.1. The van der Waals surface area contributed by atoms with E-state index in [0.29, 0.717) is 6.04 Å². The molecule has 0 aliphatic carbocycles. The summed E-state index contributed by atoms with van der Waals surface area (Å²) in [5, 5.41) is 3.62. The average Bonchev–Trinajstić information content (AvgIpc) is 3.07. The minimum absolute atomic E-state index is 0.355. The second-order valence-electron chi connectivity index (χ2n) is 6.65. The highest BCUT2D eigenvalue weighted by molar-refractivity contribution is 5.27. The topological polar surface area (TPSA) is 15.3 Å². The number of hydrogen-bond acceptors (Lipinski definition) is 2. The van der Waals surface area contributed by atoms with E-state index >= 15 is 0 Å². The van der Waals surface area contributed by atoms with Crippen molar-refractivity contribution in [1.82, 2.24) is 10.2 Å². The van der Waals surface area contributed by atoms with Gasteiger partial charge in [-0.15, -0.1) is 0 Å². The predicted molar refractivity (Wildman–Crippen MR) is 97.1 cm³/mol. The van der Waals surface area contributed by atoms with Crippen LogP contribution in [0.25, 0.3) is 0 Å². The number of benzene rings is 2. The summed E-state index contributed by atoms with van der Waals surface area (Å²) in [6.07, 6.45) is 2.70. The van der Waals surface area contributed by atoms with E-state index in [9.17, 15) is 0 Å². The highest BCUT2D eigenvalue weighted by Gasteiger charge is 2.12. The van der Waals surface area contributed by atoms with E-state index in [1.165, 1.54) is 42.6 Å². The van der Waals surface area contributed by atoms with Gasteiger partial charge in [-0.1, -0.05) is 48.5 Å². The molecule has 1 radical (unpaired) electrons. The van der Waals surface area contributed by atoms with Gasteiger partial charge in [0.05, 0.1) is 0 Å². The Morgan fingerprint density at radius 2 is 1.78 bits per heavy atom. The number of nitrogens with zero attached hydrogens (tertiary/aromatic N) is 1. The molecule has 2 aromatic rings. The van der Waals surface area contributed by atoms with Crippen LogP contribution in [0.4, 0.5) is 0 Å². The van der Waals surface area contributed by atoms with Gasteiger partial charge in [0, 0.05) is 19.1 Å². The Labute approximate surface area is 140 Å². The molecule has 1 unspecified atom stereocenters. The van der Waals surface area contributed by atoms with Crippen LogP contribution in [-0.2, 0) is 13.1 Å². The van der Waals surface area contributed by atoms with Crippen LogP contribution in [0, 0.1) is 6.92 Å². The monoisotopic (exact) mass is 307 g/mol.